The van der Waals surface area contributed by atoms with Crippen molar-refractivity contribution in [2.75, 3.05) is 12.4 Å². The zero-order chi connectivity index (χ0) is 21.1. The van der Waals surface area contributed by atoms with Crippen molar-refractivity contribution >= 4 is 28.9 Å². The third-order valence-corrected chi connectivity index (χ3v) is 3.74. The fourth-order valence-corrected chi connectivity index (χ4v) is 2.60. The topological polar surface area (TPSA) is 90.7 Å². The van der Waals surface area contributed by atoms with Crippen LogP contribution in [0.3, 0.4) is 0 Å². The number of rotatable bonds is 6. The summed E-state index contributed by atoms with van der Waals surface area (Å²) in [6, 6.07) is 4.97. The van der Waals surface area contributed by atoms with E-state index in [1.165, 1.54) is 26.2 Å². The molecule has 0 bridgehead atoms. The molecule has 0 spiro atoms. The molecule has 28 heavy (non-hydrogen) atoms. The van der Waals surface area contributed by atoms with Gasteiger partial charge in [-0.15, -0.1) is 0 Å². The number of hydrogen-bond acceptors (Lipinski definition) is 5. The van der Waals surface area contributed by atoms with Gasteiger partial charge in [0, 0.05) is 20.1 Å². The van der Waals surface area contributed by atoms with Crippen LogP contribution in [0, 0.1) is 10.1 Å². The van der Waals surface area contributed by atoms with Gasteiger partial charge in [0.25, 0.3) is 5.69 Å². The maximum atomic E-state index is 12.7. The lowest BCUT2D eigenvalue weighted by Gasteiger charge is -2.14. The van der Waals surface area contributed by atoms with Gasteiger partial charge in [0.1, 0.15) is 17.2 Å². The molecule has 150 valence electrons. The van der Waals surface area contributed by atoms with Gasteiger partial charge in [-0.25, -0.2) is 0 Å². The lowest BCUT2D eigenvalue weighted by atomic mass is 10.1. The molecule has 1 amide bonds. The summed E-state index contributed by atoms with van der Waals surface area (Å²) in [4.78, 5) is 22.1. The predicted octanol–water partition coefficient (Wildman–Crippen LogP) is 5.16. The Morgan fingerprint density at radius 1 is 1.29 bits per heavy atom. The first-order valence-electron chi connectivity index (χ1n) is 7.65. The van der Waals surface area contributed by atoms with Gasteiger partial charge >= 0.3 is 6.18 Å². The highest BCUT2D eigenvalue weighted by Gasteiger charge is 2.31. The summed E-state index contributed by atoms with van der Waals surface area (Å²) in [5, 5.41) is 13.4. The number of nitrogens with zero attached hydrogens (tertiary/aromatic N) is 1. The first-order chi connectivity index (χ1) is 13.0. The lowest BCUT2D eigenvalue weighted by molar-refractivity contribution is -0.385. The molecule has 1 N–H and O–H groups in total. The predicted molar refractivity (Wildman–Crippen MR) is 94.6 cm³/mol. The molecule has 0 radical (unpaired) electrons. The lowest BCUT2D eigenvalue weighted by Crippen LogP contribution is -2.10. The summed E-state index contributed by atoms with van der Waals surface area (Å²) >= 11 is 5.86. The van der Waals surface area contributed by atoms with E-state index in [-0.39, 0.29) is 40.1 Å². The molecule has 0 saturated carbocycles. The van der Waals surface area contributed by atoms with Crippen LogP contribution in [0.15, 0.2) is 30.3 Å². The average molecular weight is 419 g/mol. The van der Waals surface area contributed by atoms with Crippen LogP contribution in [0.5, 0.6) is 11.5 Å². The molecule has 11 heteroatoms. The van der Waals surface area contributed by atoms with E-state index in [0.717, 1.165) is 12.1 Å². The third-order valence-electron chi connectivity index (χ3n) is 3.44. The Morgan fingerprint density at radius 3 is 2.46 bits per heavy atom. The monoisotopic (exact) mass is 418 g/mol. The molecule has 0 aliphatic carbocycles. The Bertz CT molecular complexity index is 918. The van der Waals surface area contributed by atoms with Crippen LogP contribution in [0.2, 0.25) is 5.02 Å². The smallest absolute Gasteiger partial charge is 0.416 e. The molecular weight excluding hydrogens is 405 g/mol. The summed E-state index contributed by atoms with van der Waals surface area (Å²) in [5.41, 5.74) is -1.39. The van der Waals surface area contributed by atoms with E-state index in [1.54, 1.807) is 0 Å². The van der Waals surface area contributed by atoms with Crippen LogP contribution in [0.4, 0.5) is 24.5 Å². The third kappa shape index (κ3) is 5.11. The number of halogens is 4. The van der Waals surface area contributed by atoms with Crippen molar-refractivity contribution in [3.63, 3.8) is 0 Å². The number of methoxy groups -OCH3 is 1. The van der Waals surface area contributed by atoms with Gasteiger partial charge in [-0.1, -0.05) is 11.6 Å². The van der Waals surface area contributed by atoms with Crippen molar-refractivity contribution in [3.05, 3.63) is 56.6 Å². The number of alkyl halides is 3. The Kier molecular flexibility index (Phi) is 6.47. The number of ether oxygens (including phenoxy) is 2. The standard InChI is InChI=1S/C17H14ClF3N2O5/c1-9(24)22-14-7-12(5-10(8-27-2)16(14)23(25)26)28-15-4-3-11(6-13(15)18)17(19,20)21/h3-7H,8H2,1-2H3,(H,22,24). The summed E-state index contributed by atoms with van der Waals surface area (Å²) in [7, 11) is 1.32. The highest BCUT2D eigenvalue weighted by atomic mass is 35.5. The van der Waals surface area contributed by atoms with Crippen molar-refractivity contribution in [1.82, 2.24) is 0 Å². The van der Waals surface area contributed by atoms with Gasteiger partial charge in [0.15, 0.2) is 0 Å². The number of nitrogens with one attached hydrogen (secondary N) is 1. The van der Waals surface area contributed by atoms with E-state index >= 15 is 0 Å². The Hall–Kier alpha value is -2.85. The molecule has 0 aromatic heterocycles. The van der Waals surface area contributed by atoms with Gasteiger partial charge in [0.2, 0.25) is 5.91 Å². The summed E-state index contributed by atoms with van der Waals surface area (Å²) in [5.74, 6) is -0.639. The van der Waals surface area contributed by atoms with Gasteiger partial charge in [0.05, 0.1) is 27.7 Å². The Labute approximate surface area is 162 Å². The molecule has 2 aromatic carbocycles. The van der Waals surface area contributed by atoms with E-state index in [1.807, 2.05) is 0 Å². The molecule has 2 aromatic rings. The fraction of sp³-hybridized carbons (Fsp3) is 0.235. The molecule has 0 fully saturated rings. The molecule has 0 unspecified atom stereocenters. The van der Waals surface area contributed by atoms with Crippen LogP contribution in [0.1, 0.15) is 18.1 Å². The van der Waals surface area contributed by atoms with E-state index in [0.29, 0.717) is 6.07 Å². The van der Waals surface area contributed by atoms with Crippen molar-refractivity contribution in [3.8, 4) is 11.5 Å². The van der Waals surface area contributed by atoms with Crippen molar-refractivity contribution in [2.24, 2.45) is 0 Å². The minimum absolute atomic E-state index is 0.0167. The van der Waals surface area contributed by atoms with Crippen molar-refractivity contribution in [1.29, 1.82) is 0 Å². The largest absolute Gasteiger partial charge is 0.456 e. The molecule has 0 atom stereocenters. The first-order valence-corrected chi connectivity index (χ1v) is 8.03. The van der Waals surface area contributed by atoms with E-state index in [4.69, 9.17) is 21.1 Å². The van der Waals surface area contributed by atoms with Crippen LogP contribution >= 0.6 is 11.6 Å². The number of amides is 1. The summed E-state index contributed by atoms with van der Waals surface area (Å²) < 4.78 is 48.7. The Balaban J connectivity index is 2.49. The molecule has 0 saturated heterocycles. The van der Waals surface area contributed by atoms with Crippen molar-refractivity contribution in [2.45, 2.75) is 19.7 Å². The number of hydrogen-bond donors (Lipinski definition) is 1. The fourth-order valence-electron chi connectivity index (χ4n) is 2.38. The van der Waals surface area contributed by atoms with Crippen LogP contribution in [-0.2, 0) is 22.3 Å². The van der Waals surface area contributed by atoms with Gasteiger partial charge in [-0.05, 0) is 24.3 Å². The zero-order valence-electron chi connectivity index (χ0n) is 14.6. The minimum Gasteiger partial charge on any atom is -0.456 e. The number of nitro groups is 1. The number of carbonyl (C=O) groups excluding carboxylic acids is 1. The van der Waals surface area contributed by atoms with Gasteiger partial charge in [-0.2, -0.15) is 13.2 Å². The van der Waals surface area contributed by atoms with E-state index in [9.17, 15) is 28.1 Å². The second kappa shape index (κ2) is 8.44. The van der Waals surface area contributed by atoms with Crippen LogP contribution < -0.4 is 10.1 Å². The molecular formula is C17H14ClF3N2O5. The number of nitro benzene ring substituents is 1. The Morgan fingerprint density at radius 2 is 1.96 bits per heavy atom. The maximum absolute atomic E-state index is 12.7. The normalized spacial score (nSPS) is 11.2. The van der Waals surface area contributed by atoms with Gasteiger partial charge in [-0.3, -0.25) is 14.9 Å². The quantitative estimate of drug-likeness (QED) is 0.516. The van der Waals surface area contributed by atoms with Gasteiger partial charge < -0.3 is 14.8 Å². The highest BCUT2D eigenvalue weighted by Crippen LogP contribution is 2.39. The van der Waals surface area contributed by atoms with E-state index < -0.39 is 22.6 Å². The minimum atomic E-state index is -4.57. The first kappa shape index (κ1) is 21.5. The maximum Gasteiger partial charge on any atom is 0.416 e. The van der Waals surface area contributed by atoms with Crippen molar-refractivity contribution < 1.29 is 32.4 Å². The molecule has 7 nitrogen and oxygen atoms in total. The number of anilines is 1. The molecule has 0 heterocycles. The second-order valence-corrected chi connectivity index (χ2v) is 6.00. The molecule has 0 aliphatic heterocycles. The molecule has 2 rings (SSSR count). The summed E-state index contributed by atoms with van der Waals surface area (Å²) in [6.07, 6.45) is -4.57. The number of carbonyl (C=O) groups is 1. The number of benzene rings is 2. The summed E-state index contributed by atoms with van der Waals surface area (Å²) in [6.45, 7) is 1.00. The van der Waals surface area contributed by atoms with E-state index in [2.05, 4.69) is 5.32 Å². The SMILES string of the molecule is COCc1cc(Oc2ccc(C(F)(F)F)cc2Cl)cc(NC(C)=O)c1[N+](=O)[O-]. The highest BCUT2D eigenvalue weighted by molar-refractivity contribution is 6.32. The second-order valence-electron chi connectivity index (χ2n) is 5.59. The van der Waals surface area contributed by atoms with Crippen LogP contribution in [0.25, 0.3) is 0 Å². The zero-order valence-corrected chi connectivity index (χ0v) is 15.4. The average Bonchev–Trinajstić information content (AvgIpc) is 2.55. The van der Waals surface area contributed by atoms with Crippen LogP contribution in [-0.4, -0.2) is 17.9 Å². The molecule has 0 aliphatic rings.